The van der Waals surface area contributed by atoms with Crippen LogP contribution in [-0.2, 0) is 0 Å². The second-order valence-electron chi connectivity index (χ2n) is 3.87. The molecule has 1 rings (SSSR count). The summed E-state index contributed by atoms with van der Waals surface area (Å²) >= 11 is 5.90. The first-order valence-electron chi connectivity index (χ1n) is 5.62. The van der Waals surface area contributed by atoms with Crippen molar-refractivity contribution in [1.82, 2.24) is 9.88 Å². The van der Waals surface area contributed by atoms with E-state index in [0.29, 0.717) is 17.1 Å². The Morgan fingerprint density at radius 3 is 2.88 bits per heavy atom. The van der Waals surface area contributed by atoms with Crippen LogP contribution in [0.1, 0.15) is 29.6 Å². The molecule has 1 aromatic rings. The first-order valence-corrected chi connectivity index (χ1v) is 6.00. The van der Waals surface area contributed by atoms with Crippen molar-refractivity contribution in [2.45, 2.75) is 19.3 Å². The van der Waals surface area contributed by atoms with Gasteiger partial charge in [-0.15, -0.1) is 0 Å². The Hall–Kier alpha value is -1.13. The van der Waals surface area contributed by atoms with Crippen molar-refractivity contribution in [3.8, 4) is 0 Å². The van der Waals surface area contributed by atoms with Gasteiger partial charge in [-0.05, 0) is 25.3 Å². The Labute approximate surface area is 106 Å². The summed E-state index contributed by atoms with van der Waals surface area (Å²) in [5.41, 5.74) is 0.478. The van der Waals surface area contributed by atoms with E-state index in [9.17, 15) is 4.79 Å². The smallest absolute Gasteiger partial charge is 0.255 e. The molecule has 0 spiro atoms. The first-order chi connectivity index (χ1) is 8.16. The molecule has 0 fully saturated rings. The van der Waals surface area contributed by atoms with Gasteiger partial charge in [-0.2, -0.15) is 0 Å². The molecule has 5 heteroatoms. The fourth-order valence-electron chi connectivity index (χ4n) is 1.49. The zero-order valence-corrected chi connectivity index (χ0v) is 10.7. The third-order valence-corrected chi connectivity index (χ3v) is 2.80. The zero-order valence-electron chi connectivity index (χ0n) is 9.90. The van der Waals surface area contributed by atoms with Gasteiger partial charge in [0.15, 0.2) is 0 Å². The molecule has 1 heterocycles. The van der Waals surface area contributed by atoms with Crippen LogP contribution in [0.4, 0.5) is 0 Å². The van der Waals surface area contributed by atoms with Gasteiger partial charge in [0.2, 0.25) is 0 Å². The largest absolute Gasteiger partial charge is 0.396 e. The number of pyridine rings is 1. The van der Waals surface area contributed by atoms with Crippen molar-refractivity contribution < 1.29 is 9.90 Å². The van der Waals surface area contributed by atoms with Crippen molar-refractivity contribution in [2.75, 3.05) is 20.2 Å². The van der Waals surface area contributed by atoms with Crippen molar-refractivity contribution in [3.05, 3.63) is 29.0 Å². The van der Waals surface area contributed by atoms with Crippen LogP contribution < -0.4 is 0 Å². The molecule has 0 atom stereocenters. The van der Waals surface area contributed by atoms with Gasteiger partial charge < -0.3 is 10.0 Å². The summed E-state index contributed by atoms with van der Waals surface area (Å²) in [5.74, 6) is -0.0959. The van der Waals surface area contributed by atoms with Crippen molar-refractivity contribution in [1.29, 1.82) is 0 Å². The molecule has 0 aliphatic rings. The number of aliphatic hydroxyl groups is 1. The number of carbonyl (C=O) groups excluding carboxylic acids is 1. The van der Waals surface area contributed by atoms with E-state index in [0.717, 1.165) is 19.3 Å². The van der Waals surface area contributed by atoms with Gasteiger partial charge in [0.25, 0.3) is 5.91 Å². The lowest BCUT2D eigenvalue weighted by atomic mass is 10.2. The standard InChI is InChI=1S/C12H17ClN2O2/c1-15(7-3-2-4-8-16)12(17)10-5-6-14-9-11(10)13/h5-6,9,16H,2-4,7-8H2,1H3. The van der Waals surface area contributed by atoms with Gasteiger partial charge in [0, 0.05) is 32.6 Å². The zero-order chi connectivity index (χ0) is 12.7. The Morgan fingerprint density at radius 2 is 2.24 bits per heavy atom. The van der Waals surface area contributed by atoms with E-state index in [-0.39, 0.29) is 12.5 Å². The molecule has 0 aliphatic heterocycles. The highest BCUT2D eigenvalue weighted by atomic mass is 35.5. The molecule has 1 amide bonds. The molecular weight excluding hydrogens is 240 g/mol. The van der Waals surface area contributed by atoms with Crippen molar-refractivity contribution >= 4 is 17.5 Å². The summed E-state index contributed by atoms with van der Waals surface area (Å²) < 4.78 is 0. The van der Waals surface area contributed by atoms with Crippen LogP contribution in [0.3, 0.4) is 0 Å². The van der Waals surface area contributed by atoms with Crippen LogP contribution in [0, 0.1) is 0 Å². The third-order valence-electron chi connectivity index (χ3n) is 2.50. The number of unbranched alkanes of at least 4 members (excludes halogenated alkanes) is 2. The fourth-order valence-corrected chi connectivity index (χ4v) is 1.69. The minimum atomic E-state index is -0.0959. The number of rotatable bonds is 6. The molecule has 0 unspecified atom stereocenters. The maximum atomic E-state index is 12.0. The molecule has 4 nitrogen and oxygen atoms in total. The number of nitrogens with zero attached hydrogens (tertiary/aromatic N) is 2. The monoisotopic (exact) mass is 256 g/mol. The summed E-state index contributed by atoms with van der Waals surface area (Å²) in [5, 5.41) is 9.02. The average molecular weight is 257 g/mol. The van der Waals surface area contributed by atoms with E-state index in [4.69, 9.17) is 16.7 Å². The number of aliphatic hydroxyl groups excluding tert-OH is 1. The number of amides is 1. The lowest BCUT2D eigenvalue weighted by Gasteiger charge is -2.17. The minimum absolute atomic E-state index is 0.0959. The highest BCUT2D eigenvalue weighted by molar-refractivity contribution is 6.33. The molecule has 0 bridgehead atoms. The van der Waals surface area contributed by atoms with Crippen LogP contribution in [0.25, 0.3) is 0 Å². The van der Waals surface area contributed by atoms with Gasteiger partial charge in [0.05, 0.1) is 10.6 Å². The average Bonchev–Trinajstić information content (AvgIpc) is 2.34. The van der Waals surface area contributed by atoms with Crippen LogP contribution in [0.5, 0.6) is 0 Å². The quantitative estimate of drug-likeness (QED) is 0.792. The van der Waals surface area contributed by atoms with Crippen molar-refractivity contribution in [2.24, 2.45) is 0 Å². The Balaban J connectivity index is 2.49. The highest BCUT2D eigenvalue weighted by Crippen LogP contribution is 2.15. The normalized spacial score (nSPS) is 10.3. The predicted octanol–water partition coefficient (Wildman–Crippen LogP) is 1.97. The Kier molecular flexibility index (Phi) is 5.94. The molecule has 94 valence electrons. The second kappa shape index (κ2) is 7.25. The number of hydrogen-bond acceptors (Lipinski definition) is 3. The maximum Gasteiger partial charge on any atom is 0.255 e. The van der Waals surface area contributed by atoms with E-state index >= 15 is 0 Å². The summed E-state index contributed by atoms with van der Waals surface area (Å²) in [6.45, 7) is 0.866. The number of aromatic nitrogens is 1. The summed E-state index contributed by atoms with van der Waals surface area (Å²) in [7, 11) is 1.75. The molecule has 17 heavy (non-hydrogen) atoms. The lowest BCUT2D eigenvalue weighted by molar-refractivity contribution is 0.0792. The molecule has 1 N–H and O–H groups in total. The lowest BCUT2D eigenvalue weighted by Crippen LogP contribution is -2.28. The fraction of sp³-hybridized carbons (Fsp3) is 0.500. The van der Waals surface area contributed by atoms with Gasteiger partial charge in [-0.3, -0.25) is 9.78 Å². The number of hydrogen-bond donors (Lipinski definition) is 1. The van der Waals surface area contributed by atoms with E-state index in [1.807, 2.05) is 0 Å². The molecule has 0 saturated heterocycles. The van der Waals surface area contributed by atoms with Crippen LogP contribution in [-0.4, -0.2) is 41.1 Å². The summed E-state index contributed by atoms with van der Waals surface area (Å²) in [6, 6.07) is 1.62. The first kappa shape index (κ1) is 13.9. The van der Waals surface area contributed by atoms with Gasteiger partial charge in [0.1, 0.15) is 0 Å². The minimum Gasteiger partial charge on any atom is -0.396 e. The van der Waals surface area contributed by atoms with Crippen molar-refractivity contribution in [3.63, 3.8) is 0 Å². The third kappa shape index (κ3) is 4.32. The van der Waals surface area contributed by atoms with E-state index in [1.54, 1.807) is 24.2 Å². The number of carbonyl (C=O) groups is 1. The Morgan fingerprint density at radius 1 is 1.47 bits per heavy atom. The highest BCUT2D eigenvalue weighted by Gasteiger charge is 2.14. The Bertz CT molecular complexity index is 371. The van der Waals surface area contributed by atoms with Crippen LogP contribution >= 0.6 is 11.6 Å². The molecular formula is C12H17ClN2O2. The summed E-state index contributed by atoms with van der Waals surface area (Å²) in [6.07, 6.45) is 5.59. The van der Waals surface area contributed by atoms with E-state index in [1.165, 1.54) is 6.20 Å². The second-order valence-corrected chi connectivity index (χ2v) is 4.27. The predicted molar refractivity (Wildman–Crippen MR) is 67.1 cm³/mol. The van der Waals surface area contributed by atoms with E-state index in [2.05, 4.69) is 4.98 Å². The topological polar surface area (TPSA) is 53.4 Å². The maximum absolute atomic E-state index is 12.0. The van der Waals surface area contributed by atoms with Gasteiger partial charge in [-0.25, -0.2) is 0 Å². The molecule has 0 aromatic carbocycles. The van der Waals surface area contributed by atoms with E-state index < -0.39 is 0 Å². The molecule has 0 saturated carbocycles. The molecule has 1 aromatic heterocycles. The SMILES string of the molecule is CN(CCCCCO)C(=O)c1ccncc1Cl. The van der Waals surface area contributed by atoms with Gasteiger partial charge >= 0.3 is 0 Å². The van der Waals surface area contributed by atoms with Crippen LogP contribution in [0.15, 0.2) is 18.5 Å². The molecule has 0 aliphatic carbocycles. The number of halogens is 1. The summed E-state index contributed by atoms with van der Waals surface area (Å²) in [4.78, 5) is 17.5. The molecule has 0 radical (unpaired) electrons. The van der Waals surface area contributed by atoms with Gasteiger partial charge in [-0.1, -0.05) is 11.6 Å². The van der Waals surface area contributed by atoms with Crippen LogP contribution in [0.2, 0.25) is 5.02 Å².